The van der Waals surface area contributed by atoms with Crippen LogP contribution in [0.25, 0.3) is 22.0 Å². The number of aromatic nitrogens is 1. The molecule has 0 saturated heterocycles. The number of hydrogen-bond acceptors (Lipinski definition) is 3. The van der Waals surface area contributed by atoms with Crippen molar-refractivity contribution in [1.29, 1.82) is 0 Å². The van der Waals surface area contributed by atoms with Crippen LogP contribution >= 0.6 is 23.2 Å². The Kier molecular flexibility index (Phi) is 4.65. The van der Waals surface area contributed by atoms with Crippen molar-refractivity contribution in [3.63, 3.8) is 0 Å². The summed E-state index contributed by atoms with van der Waals surface area (Å²) >= 11 is 12.1. The summed E-state index contributed by atoms with van der Waals surface area (Å²) in [5.41, 5.74) is 5.04. The quantitative estimate of drug-likeness (QED) is 0.368. The zero-order chi connectivity index (χ0) is 19.0. The number of rotatable bonds is 3. The topological polar surface area (TPSA) is 45.2 Å². The number of phenolic OH excluding ortho intramolecular Hbond substituents is 1. The summed E-state index contributed by atoms with van der Waals surface area (Å²) in [4.78, 5) is 4.37. The van der Waals surface area contributed by atoms with Crippen molar-refractivity contribution >= 4 is 45.5 Å². The molecule has 5 heteroatoms. The number of aromatic hydroxyl groups is 1. The summed E-state index contributed by atoms with van der Waals surface area (Å²) in [6.07, 6.45) is 1.74. The van der Waals surface area contributed by atoms with Crippen molar-refractivity contribution in [3.05, 3.63) is 82.5 Å². The monoisotopic (exact) mass is 394 g/mol. The molecule has 0 spiro atoms. The van der Waals surface area contributed by atoms with Gasteiger partial charge in [-0.2, -0.15) is 0 Å². The normalized spacial score (nSPS) is 10.9. The van der Waals surface area contributed by atoms with Gasteiger partial charge in [0.05, 0.1) is 5.52 Å². The Bertz CT molecular complexity index is 1140. The zero-order valence-electron chi connectivity index (χ0n) is 14.5. The van der Waals surface area contributed by atoms with E-state index < -0.39 is 0 Å². The first-order valence-corrected chi connectivity index (χ1v) is 9.18. The number of aryl methyl sites for hydroxylation is 1. The molecular weight excluding hydrogens is 379 g/mol. The summed E-state index contributed by atoms with van der Waals surface area (Å²) < 4.78 is 0. The molecule has 0 radical (unpaired) electrons. The second kappa shape index (κ2) is 7.10. The van der Waals surface area contributed by atoms with E-state index in [0.717, 1.165) is 39.0 Å². The molecule has 1 heterocycles. The molecule has 0 bridgehead atoms. The van der Waals surface area contributed by atoms with Crippen molar-refractivity contribution in [2.45, 2.75) is 6.92 Å². The van der Waals surface area contributed by atoms with Gasteiger partial charge in [0.1, 0.15) is 5.75 Å². The Morgan fingerprint density at radius 3 is 2.41 bits per heavy atom. The van der Waals surface area contributed by atoms with E-state index in [4.69, 9.17) is 23.2 Å². The van der Waals surface area contributed by atoms with Gasteiger partial charge < -0.3 is 10.4 Å². The first-order valence-electron chi connectivity index (χ1n) is 8.42. The molecule has 3 aromatic carbocycles. The van der Waals surface area contributed by atoms with Gasteiger partial charge in [-0.3, -0.25) is 4.98 Å². The average Bonchev–Trinajstić information content (AvgIpc) is 2.65. The predicted molar refractivity (Wildman–Crippen MR) is 113 cm³/mol. The van der Waals surface area contributed by atoms with E-state index in [0.29, 0.717) is 10.0 Å². The number of anilines is 2. The lowest BCUT2D eigenvalue weighted by atomic mass is 10.0. The van der Waals surface area contributed by atoms with Gasteiger partial charge in [0.2, 0.25) is 0 Å². The van der Waals surface area contributed by atoms with Crippen molar-refractivity contribution in [2.24, 2.45) is 0 Å². The van der Waals surface area contributed by atoms with E-state index in [1.807, 2.05) is 67.6 Å². The highest BCUT2D eigenvalue weighted by molar-refractivity contribution is 6.31. The molecule has 0 amide bonds. The standard InChI is InChI=1S/C22H16Cl2N2O/c1-13-10-17(12-19(22(13)27)14-2-4-15(23)5-3-14)26-20-8-9-25-21-11-16(24)6-7-18(20)21/h2-12,27H,1H3,(H,25,26). The maximum atomic E-state index is 10.5. The van der Waals surface area contributed by atoms with E-state index in [2.05, 4.69) is 10.3 Å². The van der Waals surface area contributed by atoms with Crippen LogP contribution in [0.4, 0.5) is 11.4 Å². The second-order valence-electron chi connectivity index (χ2n) is 6.34. The summed E-state index contributed by atoms with van der Waals surface area (Å²) in [5.74, 6) is 0.259. The minimum absolute atomic E-state index is 0.259. The summed E-state index contributed by atoms with van der Waals surface area (Å²) in [5, 5.41) is 16.2. The van der Waals surface area contributed by atoms with E-state index in [9.17, 15) is 5.11 Å². The van der Waals surface area contributed by atoms with Gasteiger partial charge in [0.25, 0.3) is 0 Å². The van der Waals surface area contributed by atoms with Crippen LogP contribution in [-0.4, -0.2) is 10.1 Å². The number of hydrogen-bond donors (Lipinski definition) is 2. The third-order valence-electron chi connectivity index (χ3n) is 4.44. The molecule has 0 unspecified atom stereocenters. The van der Waals surface area contributed by atoms with Crippen LogP contribution in [0.2, 0.25) is 10.0 Å². The van der Waals surface area contributed by atoms with Crippen molar-refractivity contribution < 1.29 is 5.11 Å². The van der Waals surface area contributed by atoms with Gasteiger partial charge in [-0.05, 0) is 66.6 Å². The molecule has 2 N–H and O–H groups in total. The fraction of sp³-hybridized carbons (Fsp3) is 0.0455. The van der Waals surface area contributed by atoms with Crippen molar-refractivity contribution in [3.8, 4) is 16.9 Å². The molecule has 0 aliphatic heterocycles. The fourth-order valence-corrected chi connectivity index (χ4v) is 3.38. The maximum Gasteiger partial charge on any atom is 0.126 e. The SMILES string of the molecule is Cc1cc(Nc2ccnc3cc(Cl)ccc23)cc(-c2ccc(Cl)cc2)c1O. The third kappa shape index (κ3) is 3.57. The summed E-state index contributed by atoms with van der Waals surface area (Å²) in [6, 6.07) is 18.8. The lowest BCUT2D eigenvalue weighted by molar-refractivity contribution is 0.473. The largest absolute Gasteiger partial charge is 0.507 e. The van der Waals surface area contributed by atoms with Gasteiger partial charge in [-0.25, -0.2) is 0 Å². The van der Waals surface area contributed by atoms with Gasteiger partial charge in [-0.15, -0.1) is 0 Å². The molecule has 4 aromatic rings. The van der Waals surface area contributed by atoms with Gasteiger partial charge in [-0.1, -0.05) is 35.3 Å². The van der Waals surface area contributed by atoms with Crippen LogP contribution in [-0.2, 0) is 0 Å². The second-order valence-corrected chi connectivity index (χ2v) is 7.21. The number of pyridine rings is 1. The molecule has 1 aromatic heterocycles. The molecule has 0 saturated carbocycles. The van der Waals surface area contributed by atoms with E-state index in [-0.39, 0.29) is 5.75 Å². The lowest BCUT2D eigenvalue weighted by Crippen LogP contribution is -1.95. The van der Waals surface area contributed by atoms with E-state index >= 15 is 0 Å². The van der Waals surface area contributed by atoms with Crippen LogP contribution in [0.15, 0.2) is 66.9 Å². The summed E-state index contributed by atoms with van der Waals surface area (Å²) in [6.45, 7) is 1.88. The number of phenols is 1. The highest BCUT2D eigenvalue weighted by Gasteiger charge is 2.11. The number of nitrogens with one attached hydrogen (secondary N) is 1. The molecule has 134 valence electrons. The highest BCUT2D eigenvalue weighted by atomic mass is 35.5. The third-order valence-corrected chi connectivity index (χ3v) is 4.93. The molecule has 0 aliphatic carbocycles. The molecular formula is C22H16Cl2N2O. The van der Waals surface area contributed by atoms with Crippen LogP contribution in [0, 0.1) is 6.92 Å². The summed E-state index contributed by atoms with van der Waals surface area (Å²) in [7, 11) is 0. The van der Waals surface area contributed by atoms with E-state index in [1.54, 1.807) is 6.20 Å². The Morgan fingerprint density at radius 2 is 1.63 bits per heavy atom. The Hall–Kier alpha value is -2.75. The number of benzene rings is 3. The number of halogens is 2. The lowest BCUT2D eigenvalue weighted by Gasteiger charge is -2.14. The molecule has 27 heavy (non-hydrogen) atoms. The smallest absolute Gasteiger partial charge is 0.126 e. The molecule has 0 atom stereocenters. The minimum Gasteiger partial charge on any atom is -0.507 e. The Balaban J connectivity index is 1.78. The Morgan fingerprint density at radius 1 is 0.889 bits per heavy atom. The number of nitrogens with zero attached hydrogens (tertiary/aromatic N) is 1. The molecule has 0 fully saturated rings. The number of fused-ring (bicyclic) bond motifs is 1. The van der Waals surface area contributed by atoms with Crippen molar-refractivity contribution in [1.82, 2.24) is 4.98 Å². The molecule has 3 nitrogen and oxygen atoms in total. The zero-order valence-corrected chi connectivity index (χ0v) is 16.0. The first-order chi connectivity index (χ1) is 13.0. The van der Waals surface area contributed by atoms with E-state index in [1.165, 1.54) is 0 Å². The Labute approximate surface area is 167 Å². The molecule has 0 aliphatic rings. The van der Waals surface area contributed by atoms with Crippen LogP contribution in [0.1, 0.15) is 5.56 Å². The fourth-order valence-electron chi connectivity index (χ4n) is 3.09. The van der Waals surface area contributed by atoms with Crippen LogP contribution < -0.4 is 5.32 Å². The predicted octanol–water partition coefficient (Wildman–Crippen LogP) is 6.97. The maximum absolute atomic E-state index is 10.5. The minimum atomic E-state index is 0.259. The highest BCUT2D eigenvalue weighted by Crippen LogP contribution is 2.37. The van der Waals surface area contributed by atoms with Crippen LogP contribution in [0.3, 0.4) is 0 Å². The average molecular weight is 395 g/mol. The first kappa shape index (κ1) is 17.7. The van der Waals surface area contributed by atoms with Gasteiger partial charge in [0, 0.05) is 38.6 Å². The van der Waals surface area contributed by atoms with Crippen LogP contribution in [0.5, 0.6) is 5.75 Å². The van der Waals surface area contributed by atoms with Crippen molar-refractivity contribution in [2.75, 3.05) is 5.32 Å². The molecule has 4 rings (SSSR count). The van der Waals surface area contributed by atoms with Gasteiger partial charge in [0.15, 0.2) is 0 Å². The van der Waals surface area contributed by atoms with Gasteiger partial charge >= 0.3 is 0 Å².